The molecule has 1 aliphatic heterocycles. The van der Waals surface area contributed by atoms with Crippen molar-refractivity contribution < 1.29 is 14.2 Å². The Balaban J connectivity index is 0.00000480. The van der Waals surface area contributed by atoms with Crippen molar-refractivity contribution >= 4 is 29.9 Å². The summed E-state index contributed by atoms with van der Waals surface area (Å²) in [5.74, 6) is 1.70. The normalized spacial score (nSPS) is 19.6. The molecular formula is C23H41IN4O3. The number of hydrogen-bond donors (Lipinski definition) is 2. The van der Waals surface area contributed by atoms with Crippen LogP contribution in [0.5, 0.6) is 5.75 Å². The molecule has 2 N–H and O–H groups in total. The molecule has 1 heterocycles. The Hall–Kier alpha value is -1.10. The maximum absolute atomic E-state index is 5.93. The first-order valence-corrected chi connectivity index (χ1v) is 11.1. The zero-order valence-electron chi connectivity index (χ0n) is 19.8. The van der Waals surface area contributed by atoms with Gasteiger partial charge in [-0.25, -0.2) is 0 Å². The molecule has 0 amide bonds. The number of benzene rings is 1. The average molecular weight is 549 g/mol. The summed E-state index contributed by atoms with van der Waals surface area (Å²) in [7, 11) is 1.80. The summed E-state index contributed by atoms with van der Waals surface area (Å²) in [5.41, 5.74) is 2.29. The highest BCUT2D eigenvalue weighted by Gasteiger charge is 2.21. The standard InChI is InChI=1S/C23H40N4O3.HI/c1-6-28-12-13-29-22-14-18(2)8-9-21(22)15-26-23(24-5)25-10-7-11-27-16-19(3)30-20(4)17-27;/h8-9,14,19-20H,6-7,10-13,15-17H2,1-5H3,(H2,24,25,26);1H. The van der Waals surface area contributed by atoms with Crippen LogP contribution in [-0.2, 0) is 16.0 Å². The van der Waals surface area contributed by atoms with Crippen molar-refractivity contribution in [1.82, 2.24) is 15.5 Å². The van der Waals surface area contributed by atoms with Gasteiger partial charge in [0.15, 0.2) is 5.96 Å². The lowest BCUT2D eigenvalue weighted by atomic mass is 10.1. The quantitative estimate of drug-likeness (QED) is 0.192. The number of aryl methyl sites for hydroxylation is 1. The third-order valence-electron chi connectivity index (χ3n) is 5.02. The summed E-state index contributed by atoms with van der Waals surface area (Å²) in [6, 6.07) is 6.28. The minimum atomic E-state index is 0. The molecule has 0 radical (unpaired) electrons. The Morgan fingerprint density at radius 1 is 1.19 bits per heavy atom. The molecule has 1 aromatic rings. The average Bonchev–Trinajstić information content (AvgIpc) is 2.71. The van der Waals surface area contributed by atoms with Gasteiger partial charge in [-0.15, -0.1) is 24.0 Å². The van der Waals surface area contributed by atoms with Crippen molar-refractivity contribution in [3.05, 3.63) is 29.3 Å². The van der Waals surface area contributed by atoms with Gasteiger partial charge in [0, 0.05) is 51.9 Å². The molecule has 1 saturated heterocycles. The van der Waals surface area contributed by atoms with E-state index in [0.29, 0.717) is 38.6 Å². The second kappa shape index (κ2) is 15.7. The SMILES string of the molecule is CCOCCOc1cc(C)ccc1CNC(=NC)NCCCN1CC(C)OC(C)C1.I. The third-order valence-corrected chi connectivity index (χ3v) is 5.02. The maximum Gasteiger partial charge on any atom is 0.191 e. The lowest BCUT2D eigenvalue weighted by Crippen LogP contribution is -2.46. The number of ether oxygens (including phenoxy) is 3. The summed E-state index contributed by atoms with van der Waals surface area (Å²) in [5, 5.41) is 6.81. The van der Waals surface area contributed by atoms with Crippen LogP contribution >= 0.6 is 24.0 Å². The number of nitrogens with zero attached hydrogens (tertiary/aromatic N) is 2. The molecule has 1 fully saturated rings. The van der Waals surface area contributed by atoms with Crippen LogP contribution in [0, 0.1) is 6.92 Å². The monoisotopic (exact) mass is 548 g/mol. The first-order chi connectivity index (χ1) is 14.5. The van der Waals surface area contributed by atoms with Crippen LogP contribution in [0.3, 0.4) is 0 Å². The van der Waals surface area contributed by atoms with E-state index in [1.807, 2.05) is 6.92 Å². The fourth-order valence-corrected chi connectivity index (χ4v) is 3.67. The van der Waals surface area contributed by atoms with E-state index in [1.165, 1.54) is 5.56 Å². The zero-order chi connectivity index (χ0) is 21.8. The highest BCUT2D eigenvalue weighted by Crippen LogP contribution is 2.20. The number of hydrogen-bond acceptors (Lipinski definition) is 5. The van der Waals surface area contributed by atoms with Crippen molar-refractivity contribution in [1.29, 1.82) is 0 Å². The van der Waals surface area contributed by atoms with Crippen LogP contribution in [0.1, 0.15) is 38.3 Å². The summed E-state index contributed by atoms with van der Waals surface area (Å²) in [6.45, 7) is 14.8. The van der Waals surface area contributed by atoms with Crippen LogP contribution in [0.25, 0.3) is 0 Å². The first-order valence-electron chi connectivity index (χ1n) is 11.1. The fraction of sp³-hybridized carbons (Fsp3) is 0.696. The maximum atomic E-state index is 5.93. The minimum absolute atomic E-state index is 0. The van der Waals surface area contributed by atoms with Gasteiger partial charge in [0.25, 0.3) is 0 Å². The van der Waals surface area contributed by atoms with E-state index in [0.717, 1.165) is 49.9 Å². The van der Waals surface area contributed by atoms with Gasteiger partial charge >= 0.3 is 0 Å². The molecule has 2 unspecified atom stereocenters. The molecule has 0 aromatic heterocycles. The Bertz CT molecular complexity index is 650. The van der Waals surface area contributed by atoms with Gasteiger partial charge in [0.2, 0.25) is 0 Å². The molecule has 31 heavy (non-hydrogen) atoms. The molecule has 0 aliphatic carbocycles. The fourth-order valence-electron chi connectivity index (χ4n) is 3.67. The van der Waals surface area contributed by atoms with Crippen LogP contribution in [0.4, 0.5) is 0 Å². The van der Waals surface area contributed by atoms with Gasteiger partial charge in [-0.1, -0.05) is 12.1 Å². The Labute approximate surface area is 205 Å². The lowest BCUT2D eigenvalue weighted by molar-refractivity contribution is -0.0679. The second-order valence-corrected chi connectivity index (χ2v) is 7.88. The first kappa shape index (κ1) is 27.9. The number of guanidine groups is 1. The zero-order valence-corrected chi connectivity index (χ0v) is 22.1. The minimum Gasteiger partial charge on any atom is -0.491 e. The van der Waals surface area contributed by atoms with Gasteiger partial charge in [-0.05, 0) is 45.7 Å². The van der Waals surface area contributed by atoms with E-state index >= 15 is 0 Å². The van der Waals surface area contributed by atoms with Crippen molar-refractivity contribution in [2.45, 2.75) is 52.9 Å². The van der Waals surface area contributed by atoms with Crippen LogP contribution in [0.2, 0.25) is 0 Å². The third kappa shape index (κ3) is 10.9. The van der Waals surface area contributed by atoms with Crippen LogP contribution in [0.15, 0.2) is 23.2 Å². The summed E-state index contributed by atoms with van der Waals surface area (Å²) >= 11 is 0. The Kier molecular flexibility index (Phi) is 14.1. The van der Waals surface area contributed by atoms with E-state index < -0.39 is 0 Å². The number of nitrogens with one attached hydrogen (secondary N) is 2. The van der Waals surface area contributed by atoms with Gasteiger partial charge < -0.3 is 24.8 Å². The van der Waals surface area contributed by atoms with E-state index in [-0.39, 0.29) is 24.0 Å². The largest absolute Gasteiger partial charge is 0.491 e. The van der Waals surface area contributed by atoms with Gasteiger partial charge in [0.05, 0.1) is 18.8 Å². The van der Waals surface area contributed by atoms with E-state index in [2.05, 4.69) is 59.5 Å². The highest BCUT2D eigenvalue weighted by molar-refractivity contribution is 14.0. The van der Waals surface area contributed by atoms with Crippen LogP contribution in [-0.4, -0.2) is 76.1 Å². The molecular weight excluding hydrogens is 507 g/mol. The molecule has 2 atom stereocenters. The number of aliphatic imine (C=N–C) groups is 1. The predicted octanol–water partition coefficient (Wildman–Crippen LogP) is 3.19. The molecule has 1 aromatic carbocycles. The number of halogens is 1. The molecule has 7 nitrogen and oxygen atoms in total. The van der Waals surface area contributed by atoms with Crippen molar-refractivity contribution in [2.24, 2.45) is 4.99 Å². The number of morpholine rings is 1. The van der Waals surface area contributed by atoms with Crippen molar-refractivity contribution in [3.63, 3.8) is 0 Å². The van der Waals surface area contributed by atoms with Crippen molar-refractivity contribution in [2.75, 3.05) is 53.0 Å². The summed E-state index contributed by atoms with van der Waals surface area (Å²) in [6.07, 6.45) is 1.70. The van der Waals surface area contributed by atoms with E-state index in [1.54, 1.807) is 7.05 Å². The topological polar surface area (TPSA) is 67.4 Å². The molecule has 0 bridgehead atoms. The highest BCUT2D eigenvalue weighted by atomic mass is 127. The number of rotatable bonds is 11. The van der Waals surface area contributed by atoms with Gasteiger partial charge in [0.1, 0.15) is 12.4 Å². The smallest absolute Gasteiger partial charge is 0.191 e. The van der Waals surface area contributed by atoms with Gasteiger partial charge in [-0.2, -0.15) is 0 Å². The molecule has 178 valence electrons. The van der Waals surface area contributed by atoms with Gasteiger partial charge in [-0.3, -0.25) is 9.89 Å². The lowest BCUT2D eigenvalue weighted by Gasteiger charge is -2.35. The Morgan fingerprint density at radius 3 is 2.61 bits per heavy atom. The Morgan fingerprint density at radius 2 is 1.94 bits per heavy atom. The molecule has 0 spiro atoms. The van der Waals surface area contributed by atoms with E-state index in [4.69, 9.17) is 14.2 Å². The second-order valence-electron chi connectivity index (χ2n) is 7.88. The molecule has 0 saturated carbocycles. The predicted molar refractivity (Wildman–Crippen MR) is 138 cm³/mol. The summed E-state index contributed by atoms with van der Waals surface area (Å²) < 4.78 is 17.1. The summed E-state index contributed by atoms with van der Waals surface area (Å²) in [4.78, 5) is 6.83. The molecule has 2 rings (SSSR count). The van der Waals surface area contributed by atoms with Crippen LogP contribution < -0.4 is 15.4 Å². The van der Waals surface area contributed by atoms with Crippen molar-refractivity contribution in [3.8, 4) is 5.75 Å². The molecule has 8 heteroatoms. The van der Waals surface area contributed by atoms with E-state index in [9.17, 15) is 0 Å². The molecule has 1 aliphatic rings.